The summed E-state index contributed by atoms with van der Waals surface area (Å²) in [6, 6.07) is 9.96. The molecule has 1 heterocycles. The highest BCUT2D eigenvalue weighted by atomic mass is 16.0. The van der Waals surface area contributed by atoms with E-state index in [0.29, 0.717) is 0 Å². The molecular formula is C15H24N4O4. The molecule has 0 radical (unpaired) electrons. The summed E-state index contributed by atoms with van der Waals surface area (Å²) in [5, 5.41) is 0. The van der Waals surface area contributed by atoms with Crippen molar-refractivity contribution >= 4 is 33.4 Å². The minimum absolute atomic E-state index is 0. The van der Waals surface area contributed by atoms with Crippen LogP contribution in [0.2, 0.25) is 0 Å². The van der Waals surface area contributed by atoms with E-state index in [-0.39, 0.29) is 21.9 Å². The highest BCUT2D eigenvalue weighted by molar-refractivity contribution is 5.89. The molecule has 0 aliphatic carbocycles. The maximum atomic E-state index is 5.93. The van der Waals surface area contributed by atoms with Crippen molar-refractivity contribution in [2.75, 3.05) is 24.7 Å². The molecule has 3 rings (SSSR count). The van der Waals surface area contributed by atoms with E-state index in [4.69, 9.17) is 5.73 Å². The van der Waals surface area contributed by atoms with E-state index in [9.17, 15) is 0 Å². The molecule has 0 atom stereocenters. The highest BCUT2D eigenvalue weighted by Gasteiger charge is 2.05. The van der Waals surface area contributed by atoms with Crippen molar-refractivity contribution in [2.45, 2.75) is 6.92 Å². The van der Waals surface area contributed by atoms with Crippen molar-refractivity contribution < 1.29 is 21.9 Å². The van der Waals surface area contributed by atoms with Gasteiger partial charge in [0.1, 0.15) is 0 Å². The van der Waals surface area contributed by atoms with E-state index >= 15 is 0 Å². The predicted octanol–water partition coefficient (Wildman–Crippen LogP) is -0.559. The molecule has 2 aromatic carbocycles. The molecule has 8 nitrogen and oxygen atoms in total. The second-order valence-corrected chi connectivity index (χ2v) is 4.99. The summed E-state index contributed by atoms with van der Waals surface area (Å²) >= 11 is 0. The summed E-state index contributed by atoms with van der Waals surface area (Å²) in [4.78, 5) is 11.3. The molecule has 0 unspecified atom stereocenters. The Morgan fingerprint density at radius 3 is 1.91 bits per heavy atom. The number of benzene rings is 2. The average Bonchev–Trinajstić information content (AvgIpc) is 2.37. The van der Waals surface area contributed by atoms with Crippen LogP contribution in [-0.4, -0.2) is 46.0 Å². The lowest BCUT2D eigenvalue weighted by molar-refractivity contribution is 0.823. The first-order valence-corrected chi connectivity index (χ1v) is 6.19. The van der Waals surface area contributed by atoms with Crippen LogP contribution in [0, 0.1) is 6.92 Å². The zero-order valence-electron chi connectivity index (χ0n) is 13.3. The Kier molecular flexibility index (Phi) is 8.12. The summed E-state index contributed by atoms with van der Waals surface area (Å²) in [5.41, 5.74) is 12.4. The van der Waals surface area contributed by atoms with Gasteiger partial charge in [0.05, 0.1) is 22.1 Å². The van der Waals surface area contributed by atoms with Crippen LogP contribution >= 0.6 is 0 Å². The second-order valence-electron chi connectivity index (χ2n) is 4.99. The predicted molar refractivity (Wildman–Crippen MR) is 95.0 cm³/mol. The molecule has 23 heavy (non-hydrogen) atoms. The number of rotatable bonds is 1. The first-order chi connectivity index (χ1) is 9.04. The lowest BCUT2D eigenvalue weighted by Gasteiger charge is -2.12. The van der Waals surface area contributed by atoms with E-state index in [0.717, 1.165) is 39.0 Å². The molecular weight excluding hydrogens is 300 g/mol. The van der Waals surface area contributed by atoms with Gasteiger partial charge in [0.2, 0.25) is 0 Å². The maximum absolute atomic E-state index is 5.93. The summed E-state index contributed by atoms with van der Waals surface area (Å²) in [6.07, 6.45) is 0. The van der Waals surface area contributed by atoms with Crippen LogP contribution in [0.1, 0.15) is 5.56 Å². The van der Waals surface area contributed by atoms with Crippen molar-refractivity contribution in [1.82, 2.24) is 9.97 Å². The lowest BCUT2D eigenvalue weighted by atomic mass is 10.1. The zero-order chi connectivity index (χ0) is 13.6. The van der Waals surface area contributed by atoms with Gasteiger partial charge < -0.3 is 32.5 Å². The molecule has 0 aliphatic heterocycles. The van der Waals surface area contributed by atoms with Gasteiger partial charge in [0, 0.05) is 25.5 Å². The number of aryl methyl sites for hydroxylation is 1. The smallest absolute Gasteiger partial charge is 0.0915 e. The van der Waals surface area contributed by atoms with Crippen molar-refractivity contribution in [3.05, 3.63) is 35.9 Å². The van der Waals surface area contributed by atoms with Gasteiger partial charge in [-0.3, -0.25) is 0 Å². The molecule has 8 heteroatoms. The largest absolute Gasteiger partial charge is 0.412 e. The summed E-state index contributed by atoms with van der Waals surface area (Å²) in [7, 11) is 4.02. The summed E-state index contributed by atoms with van der Waals surface area (Å²) < 4.78 is 0. The van der Waals surface area contributed by atoms with Gasteiger partial charge >= 0.3 is 0 Å². The molecule has 0 spiro atoms. The monoisotopic (exact) mass is 324 g/mol. The fraction of sp³-hybridized carbons (Fsp3) is 0.200. The minimum atomic E-state index is 0. The second kappa shape index (κ2) is 8.20. The van der Waals surface area contributed by atoms with E-state index in [2.05, 4.69) is 14.9 Å². The number of aromatic nitrogens is 2. The highest BCUT2D eigenvalue weighted by Crippen LogP contribution is 2.23. The lowest BCUT2D eigenvalue weighted by Crippen LogP contribution is -2.08. The van der Waals surface area contributed by atoms with Crippen LogP contribution in [0.5, 0.6) is 0 Å². The summed E-state index contributed by atoms with van der Waals surface area (Å²) in [6.45, 7) is 1.98. The van der Waals surface area contributed by atoms with E-state index in [1.165, 1.54) is 0 Å². The first-order valence-electron chi connectivity index (χ1n) is 6.19. The molecule has 0 aliphatic rings. The van der Waals surface area contributed by atoms with Crippen molar-refractivity contribution in [2.24, 2.45) is 0 Å². The Morgan fingerprint density at radius 2 is 1.30 bits per heavy atom. The molecule has 0 bridgehead atoms. The quantitative estimate of drug-likeness (QED) is 0.465. The Labute approximate surface area is 133 Å². The molecule has 0 fully saturated rings. The van der Waals surface area contributed by atoms with Gasteiger partial charge in [-0.15, -0.1) is 0 Å². The van der Waals surface area contributed by atoms with Crippen LogP contribution in [-0.2, 0) is 0 Å². The van der Waals surface area contributed by atoms with Crippen LogP contribution in [0.15, 0.2) is 30.3 Å². The third-order valence-electron chi connectivity index (χ3n) is 3.32. The maximum Gasteiger partial charge on any atom is 0.0915 e. The number of fused-ring (bicyclic) bond motifs is 2. The van der Waals surface area contributed by atoms with Gasteiger partial charge in [-0.1, -0.05) is 0 Å². The number of hydrogen-bond donors (Lipinski definition) is 1. The van der Waals surface area contributed by atoms with Crippen LogP contribution < -0.4 is 10.6 Å². The third kappa shape index (κ3) is 4.02. The average molecular weight is 324 g/mol. The van der Waals surface area contributed by atoms with Gasteiger partial charge in [0.15, 0.2) is 0 Å². The Bertz CT molecular complexity index is 793. The van der Waals surface area contributed by atoms with Crippen molar-refractivity contribution in [1.29, 1.82) is 0 Å². The third-order valence-corrected chi connectivity index (χ3v) is 3.32. The standard InChI is InChI=1S/C15H16N4.4H2O/c1-9-6-13-15(8-11(9)16)18-14-7-10(19(2)3)4-5-12(14)17-13;;;;/h4-8H,16H2,1-3H3;4*1H2. The molecule has 10 N–H and O–H groups in total. The van der Waals surface area contributed by atoms with Crippen LogP contribution in [0.4, 0.5) is 11.4 Å². The van der Waals surface area contributed by atoms with E-state index in [1.807, 2.05) is 51.4 Å². The fourth-order valence-corrected chi connectivity index (χ4v) is 2.11. The van der Waals surface area contributed by atoms with Crippen LogP contribution in [0.25, 0.3) is 22.1 Å². The molecule has 3 aromatic rings. The minimum Gasteiger partial charge on any atom is -0.412 e. The number of nitrogens with zero attached hydrogens (tertiary/aromatic N) is 3. The van der Waals surface area contributed by atoms with Crippen LogP contribution in [0.3, 0.4) is 0 Å². The first kappa shape index (κ1) is 22.8. The Hall–Kier alpha value is -2.52. The van der Waals surface area contributed by atoms with E-state index < -0.39 is 0 Å². The molecule has 0 saturated carbocycles. The topological polar surface area (TPSA) is 181 Å². The molecule has 128 valence electrons. The van der Waals surface area contributed by atoms with Gasteiger partial charge in [-0.05, 0) is 42.8 Å². The number of anilines is 2. The van der Waals surface area contributed by atoms with Crippen molar-refractivity contribution in [3.8, 4) is 0 Å². The fourth-order valence-electron chi connectivity index (χ4n) is 2.11. The van der Waals surface area contributed by atoms with Gasteiger partial charge in [-0.25, -0.2) is 9.97 Å². The van der Waals surface area contributed by atoms with Crippen molar-refractivity contribution in [3.63, 3.8) is 0 Å². The number of nitrogens with two attached hydrogens (primary N) is 1. The Morgan fingerprint density at radius 1 is 0.783 bits per heavy atom. The normalized spacial score (nSPS) is 9.17. The molecule has 1 aromatic heterocycles. The molecule has 0 amide bonds. The van der Waals surface area contributed by atoms with Gasteiger partial charge in [0.25, 0.3) is 0 Å². The van der Waals surface area contributed by atoms with E-state index in [1.54, 1.807) is 0 Å². The zero-order valence-corrected chi connectivity index (χ0v) is 13.3. The summed E-state index contributed by atoms with van der Waals surface area (Å²) in [5.74, 6) is 0. The number of nitrogen functional groups attached to an aromatic ring is 1. The Balaban J connectivity index is 0. The molecule has 0 saturated heterocycles. The number of hydrogen-bond acceptors (Lipinski definition) is 4. The SMILES string of the molecule is Cc1cc2nc3ccc(N(C)C)cc3nc2cc1N.O.O.O.O. The van der Waals surface area contributed by atoms with Gasteiger partial charge in [-0.2, -0.15) is 0 Å².